The van der Waals surface area contributed by atoms with Crippen molar-refractivity contribution in [3.05, 3.63) is 72.8 Å². The number of benzene rings is 3. The van der Waals surface area contributed by atoms with Crippen LogP contribution in [0.2, 0.25) is 0 Å². The summed E-state index contributed by atoms with van der Waals surface area (Å²) < 4.78 is 1.57. The molecule has 0 aliphatic heterocycles. The molecule has 1 atom stereocenters. The molecule has 4 rings (SSSR count). The van der Waals surface area contributed by atoms with Gasteiger partial charge in [0.2, 0.25) is 0 Å². The van der Waals surface area contributed by atoms with Crippen LogP contribution in [-0.4, -0.2) is 20.1 Å². The number of aromatic nitrogens is 3. The molecule has 1 N–H and O–H groups in total. The molecule has 0 saturated heterocycles. The number of hydrogen-bond donors (Lipinski definition) is 1. The van der Waals surface area contributed by atoms with Crippen molar-refractivity contribution in [3.8, 4) is 22.5 Å². The Morgan fingerprint density at radius 3 is 2.38 bits per heavy atom. The molecule has 0 fully saturated rings. The van der Waals surface area contributed by atoms with Crippen LogP contribution < -0.4 is 0 Å². The van der Waals surface area contributed by atoms with Crippen LogP contribution in [0.25, 0.3) is 33.3 Å². The lowest BCUT2D eigenvalue weighted by atomic mass is 9.98. The molecular formula is C20H17N3O. The number of rotatable bonds is 3. The molecule has 0 spiro atoms. The molecule has 24 heavy (non-hydrogen) atoms. The predicted molar refractivity (Wildman–Crippen MR) is 95.3 cm³/mol. The van der Waals surface area contributed by atoms with Gasteiger partial charge in [-0.3, -0.25) is 0 Å². The number of aliphatic hydroxyl groups excluding tert-OH is 1. The number of aliphatic hydroxyl groups is 1. The van der Waals surface area contributed by atoms with Crippen LogP contribution in [0.15, 0.2) is 72.8 Å². The summed E-state index contributed by atoms with van der Waals surface area (Å²) in [5.41, 5.74) is 3.59. The van der Waals surface area contributed by atoms with Crippen molar-refractivity contribution in [1.82, 2.24) is 15.0 Å². The zero-order valence-corrected chi connectivity index (χ0v) is 13.3. The highest BCUT2D eigenvalue weighted by atomic mass is 16.3. The summed E-state index contributed by atoms with van der Waals surface area (Å²) >= 11 is 0. The third kappa shape index (κ3) is 2.37. The van der Waals surface area contributed by atoms with Gasteiger partial charge < -0.3 is 5.11 Å². The van der Waals surface area contributed by atoms with E-state index < -0.39 is 6.23 Å². The average Bonchev–Trinajstić information content (AvgIpc) is 3.07. The highest BCUT2D eigenvalue weighted by molar-refractivity contribution is 5.98. The van der Waals surface area contributed by atoms with Gasteiger partial charge in [-0.1, -0.05) is 78.0 Å². The Bertz CT molecular complexity index is 985. The van der Waals surface area contributed by atoms with Gasteiger partial charge in [-0.25, -0.2) is 4.68 Å². The first-order chi connectivity index (χ1) is 11.8. The van der Waals surface area contributed by atoms with E-state index in [0.29, 0.717) is 0 Å². The van der Waals surface area contributed by atoms with Crippen LogP contribution in [0, 0.1) is 0 Å². The maximum Gasteiger partial charge on any atom is 0.146 e. The Kier molecular flexibility index (Phi) is 3.59. The molecule has 0 bridgehead atoms. The molecule has 3 aromatic carbocycles. The van der Waals surface area contributed by atoms with Gasteiger partial charge in [0, 0.05) is 11.1 Å². The van der Waals surface area contributed by atoms with Crippen molar-refractivity contribution in [2.45, 2.75) is 13.2 Å². The number of nitrogens with zero attached hydrogens (tertiary/aromatic N) is 3. The summed E-state index contributed by atoms with van der Waals surface area (Å²) in [6, 6.07) is 24.3. The smallest absolute Gasteiger partial charge is 0.146 e. The molecule has 118 valence electrons. The summed E-state index contributed by atoms with van der Waals surface area (Å²) in [5.74, 6) is 0. The van der Waals surface area contributed by atoms with Gasteiger partial charge in [0.1, 0.15) is 17.6 Å². The fourth-order valence-electron chi connectivity index (χ4n) is 3.03. The third-order valence-electron chi connectivity index (χ3n) is 4.14. The van der Waals surface area contributed by atoms with E-state index in [1.165, 1.54) is 0 Å². The summed E-state index contributed by atoms with van der Waals surface area (Å²) in [5, 5.41) is 21.0. The summed E-state index contributed by atoms with van der Waals surface area (Å²) in [7, 11) is 0. The van der Waals surface area contributed by atoms with Gasteiger partial charge in [0.25, 0.3) is 0 Å². The van der Waals surface area contributed by atoms with Crippen LogP contribution in [0.3, 0.4) is 0 Å². The second-order valence-corrected chi connectivity index (χ2v) is 5.76. The molecule has 4 nitrogen and oxygen atoms in total. The standard InChI is InChI=1S/C20H17N3O/c1-14(24)23-20(19(21-22-23)16-9-3-2-4-10-16)18-13-7-11-15-8-5-6-12-17(15)18/h2-14,24H,1H3/t14-/m1/s1. The molecule has 1 aromatic heterocycles. The minimum atomic E-state index is -0.760. The van der Waals surface area contributed by atoms with Crippen molar-refractivity contribution in [2.24, 2.45) is 0 Å². The van der Waals surface area contributed by atoms with E-state index in [4.69, 9.17) is 0 Å². The van der Waals surface area contributed by atoms with Crippen LogP contribution >= 0.6 is 0 Å². The quantitative estimate of drug-likeness (QED) is 0.614. The fraction of sp³-hybridized carbons (Fsp3) is 0.100. The molecule has 4 heteroatoms. The second kappa shape index (κ2) is 5.91. The van der Waals surface area contributed by atoms with E-state index in [1.54, 1.807) is 11.6 Å². The fourth-order valence-corrected chi connectivity index (χ4v) is 3.03. The summed E-state index contributed by atoms with van der Waals surface area (Å²) in [6.45, 7) is 1.69. The molecule has 1 heterocycles. The Labute approximate surface area is 140 Å². The maximum absolute atomic E-state index is 10.2. The average molecular weight is 315 g/mol. The lowest BCUT2D eigenvalue weighted by Gasteiger charge is -2.13. The molecule has 0 radical (unpaired) electrons. The lowest BCUT2D eigenvalue weighted by Crippen LogP contribution is -2.08. The zero-order valence-electron chi connectivity index (χ0n) is 13.3. The molecule has 4 aromatic rings. The maximum atomic E-state index is 10.2. The van der Waals surface area contributed by atoms with Crippen LogP contribution in [0.4, 0.5) is 0 Å². The molecular weight excluding hydrogens is 298 g/mol. The molecule has 0 aliphatic carbocycles. The van der Waals surface area contributed by atoms with Crippen LogP contribution in [0.1, 0.15) is 13.2 Å². The Balaban J connectivity index is 2.05. The summed E-state index contributed by atoms with van der Waals surface area (Å²) in [6.07, 6.45) is -0.760. The van der Waals surface area contributed by atoms with E-state index in [9.17, 15) is 5.11 Å². The minimum absolute atomic E-state index is 0.760. The molecule has 0 unspecified atom stereocenters. The number of hydrogen-bond acceptors (Lipinski definition) is 3. The van der Waals surface area contributed by atoms with Crippen LogP contribution in [0.5, 0.6) is 0 Å². The first-order valence-electron chi connectivity index (χ1n) is 7.92. The minimum Gasteiger partial charge on any atom is -0.372 e. The van der Waals surface area contributed by atoms with Crippen LogP contribution in [-0.2, 0) is 0 Å². The largest absolute Gasteiger partial charge is 0.372 e. The first-order valence-corrected chi connectivity index (χ1v) is 7.92. The summed E-state index contributed by atoms with van der Waals surface area (Å²) in [4.78, 5) is 0. The van der Waals surface area contributed by atoms with Gasteiger partial charge >= 0.3 is 0 Å². The van der Waals surface area contributed by atoms with E-state index in [0.717, 1.165) is 33.3 Å². The van der Waals surface area contributed by atoms with E-state index in [-0.39, 0.29) is 0 Å². The molecule has 0 saturated carbocycles. The monoisotopic (exact) mass is 315 g/mol. The predicted octanol–water partition coefficient (Wildman–Crippen LogP) is 4.28. The van der Waals surface area contributed by atoms with Gasteiger partial charge in [0.05, 0.1) is 0 Å². The highest BCUT2D eigenvalue weighted by Gasteiger charge is 2.20. The first kappa shape index (κ1) is 14.6. The van der Waals surface area contributed by atoms with Crippen molar-refractivity contribution in [2.75, 3.05) is 0 Å². The second-order valence-electron chi connectivity index (χ2n) is 5.76. The highest BCUT2D eigenvalue weighted by Crippen LogP contribution is 2.35. The Morgan fingerprint density at radius 2 is 1.58 bits per heavy atom. The Hall–Kier alpha value is -2.98. The zero-order chi connectivity index (χ0) is 16.5. The van der Waals surface area contributed by atoms with Gasteiger partial charge in [-0.15, -0.1) is 5.10 Å². The van der Waals surface area contributed by atoms with Gasteiger partial charge in [-0.2, -0.15) is 0 Å². The Morgan fingerprint density at radius 1 is 0.875 bits per heavy atom. The van der Waals surface area contributed by atoms with E-state index >= 15 is 0 Å². The van der Waals surface area contributed by atoms with E-state index in [2.05, 4.69) is 28.5 Å². The van der Waals surface area contributed by atoms with Crippen molar-refractivity contribution in [1.29, 1.82) is 0 Å². The normalized spacial score (nSPS) is 12.4. The van der Waals surface area contributed by atoms with E-state index in [1.807, 2.05) is 54.6 Å². The van der Waals surface area contributed by atoms with Crippen molar-refractivity contribution < 1.29 is 5.11 Å². The number of fused-ring (bicyclic) bond motifs is 1. The van der Waals surface area contributed by atoms with Crippen molar-refractivity contribution >= 4 is 10.8 Å². The molecule has 0 aliphatic rings. The van der Waals surface area contributed by atoms with Gasteiger partial charge in [0.15, 0.2) is 0 Å². The third-order valence-corrected chi connectivity index (χ3v) is 4.14. The topological polar surface area (TPSA) is 50.9 Å². The van der Waals surface area contributed by atoms with Gasteiger partial charge in [-0.05, 0) is 17.7 Å². The SMILES string of the molecule is C[C@@H](O)n1nnc(-c2ccccc2)c1-c1cccc2ccccc12. The molecule has 0 amide bonds. The lowest BCUT2D eigenvalue weighted by molar-refractivity contribution is 0.110. The van der Waals surface area contributed by atoms with Crippen molar-refractivity contribution in [3.63, 3.8) is 0 Å².